The van der Waals surface area contributed by atoms with Crippen LogP contribution in [-0.4, -0.2) is 51.5 Å². The van der Waals surface area contributed by atoms with E-state index in [0.717, 1.165) is 13.4 Å². The van der Waals surface area contributed by atoms with Crippen molar-refractivity contribution in [2.75, 3.05) is 26.5 Å². The topological polar surface area (TPSA) is 46.6 Å². The molecule has 108 valence electrons. The second-order valence-electron chi connectivity index (χ2n) is 4.97. The minimum atomic E-state index is -4.43. The maximum absolute atomic E-state index is 12.8. The molecule has 1 aliphatic heterocycles. The molecule has 0 saturated carbocycles. The molecule has 18 heavy (non-hydrogen) atoms. The lowest BCUT2D eigenvalue weighted by atomic mass is 9.75. The van der Waals surface area contributed by atoms with E-state index in [9.17, 15) is 21.6 Å². The molecular weight excluding hydrogens is 271 g/mol. The third kappa shape index (κ3) is 3.36. The summed E-state index contributed by atoms with van der Waals surface area (Å²) in [4.78, 5) is 0. The van der Waals surface area contributed by atoms with Crippen molar-refractivity contribution >= 4 is 10.0 Å². The van der Waals surface area contributed by atoms with E-state index in [0.29, 0.717) is 0 Å². The van der Waals surface area contributed by atoms with Gasteiger partial charge < -0.3 is 4.74 Å². The second-order valence-corrected chi connectivity index (χ2v) is 6.96. The van der Waals surface area contributed by atoms with Crippen LogP contribution in [0.4, 0.5) is 13.2 Å². The lowest BCUT2D eigenvalue weighted by Gasteiger charge is -2.43. The molecule has 4 nitrogen and oxygen atoms in total. The summed E-state index contributed by atoms with van der Waals surface area (Å²) < 4.78 is 66.9. The van der Waals surface area contributed by atoms with E-state index in [1.807, 2.05) is 0 Å². The number of halogens is 3. The highest BCUT2D eigenvalue weighted by Crippen LogP contribution is 2.43. The Bertz CT molecular complexity index is 386. The van der Waals surface area contributed by atoms with Crippen molar-refractivity contribution in [2.45, 2.75) is 32.0 Å². The van der Waals surface area contributed by atoms with Crippen molar-refractivity contribution in [1.29, 1.82) is 0 Å². The average Bonchev–Trinajstić information content (AvgIpc) is 2.14. The Morgan fingerprint density at radius 2 is 1.72 bits per heavy atom. The largest absolute Gasteiger partial charge is 0.415 e. The van der Waals surface area contributed by atoms with E-state index in [2.05, 4.69) is 4.74 Å². The number of nitrogens with zero attached hydrogens (tertiary/aromatic N) is 1. The molecular formula is C10H18F3NO3S. The molecule has 1 aliphatic rings. The Labute approximate surface area is 105 Å². The summed E-state index contributed by atoms with van der Waals surface area (Å²) in [5, 5.41) is 0. The zero-order valence-electron chi connectivity index (χ0n) is 10.6. The van der Waals surface area contributed by atoms with Crippen LogP contribution in [-0.2, 0) is 14.8 Å². The lowest BCUT2D eigenvalue weighted by molar-refractivity contribution is -0.250. The van der Waals surface area contributed by atoms with Gasteiger partial charge in [0.05, 0.1) is 6.26 Å². The number of hydrogen-bond donors (Lipinski definition) is 0. The minimum absolute atomic E-state index is 0.102. The Morgan fingerprint density at radius 1 is 1.28 bits per heavy atom. The van der Waals surface area contributed by atoms with Gasteiger partial charge in [0.15, 0.2) is 6.10 Å². The smallest absolute Gasteiger partial charge is 0.371 e. The second kappa shape index (κ2) is 4.97. The average molecular weight is 289 g/mol. The fourth-order valence-electron chi connectivity index (χ4n) is 2.40. The molecule has 0 bridgehead atoms. The van der Waals surface area contributed by atoms with Gasteiger partial charge in [0, 0.05) is 25.6 Å². The quantitative estimate of drug-likeness (QED) is 0.793. The number of methoxy groups -OCH3 is 1. The van der Waals surface area contributed by atoms with E-state index < -0.39 is 27.7 Å². The zero-order valence-corrected chi connectivity index (χ0v) is 11.4. The van der Waals surface area contributed by atoms with Crippen LogP contribution >= 0.6 is 0 Å². The van der Waals surface area contributed by atoms with Crippen molar-refractivity contribution in [3.05, 3.63) is 0 Å². The summed E-state index contributed by atoms with van der Waals surface area (Å²) in [6.45, 7) is 1.70. The molecule has 0 radical (unpaired) electrons. The van der Waals surface area contributed by atoms with E-state index in [1.54, 1.807) is 0 Å². The first-order valence-electron chi connectivity index (χ1n) is 5.55. The number of ether oxygens (including phenoxy) is 1. The van der Waals surface area contributed by atoms with Gasteiger partial charge in [0.1, 0.15) is 0 Å². The highest BCUT2D eigenvalue weighted by atomic mass is 32.2. The summed E-state index contributed by atoms with van der Waals surface area (Å²) in [5.74, 6) is 0. The number of hydrogen-bond acceptors (Lipinski definition) is 3. The van der Waals surface area contributed by atoms with Gasteiger partial charge in [-0.25, -0.2) is 12.7 Å². The van der Waals surface area contributed by atoms with E-state index in [-0.39, 0.29) is 25.9 Å². The Morgan fingerprint density at radius 3 is 2.00 bits per heavy atom. The normalized spacial score (nSPS) is 23.9. The molecule has 1 unspecified atom stereocenters. The van der Waals surface area contributed by atoms with Crippen LogP contribution < -0.4 is 0 Å². The summed E-state index contributed by atoms with van der Waals surface area (Å²) >= 11 is 0. The predicted octanol–water partition coefficient (Wildman–Crippen LogP) is 1.63. The van der Waals surface area contributed by atoms with Crippen molar-refractivity contribution in [2.24, 2.45) is 5.41 Å². The van der Waals surface area contributed by atoms with E-state index in [4.69, 9.17) is 0 Å². The van der Waals surface area contributed by atoms with Gasteiger partial charge in [-0.15, -0.1) is 0 Å². The molecule has 0 aliphatic carbocycles. The number of rotatable bonds is 3. The van der Waals surface area contributed by atoms with Crippen molar-refractivity contribution in [3.8, 4) is 0 Å². The molecule has 0 aromatic heterocycles. The summed E-state index contributed by atoms with van der Waals surface area (Å²) in [5.41, 5.74) is -1.08. The lowest BCUT2D eigenvalue weighted by Crippen LogP contribution is -2.51. The van der Waals surface area contributed by atoms with Gasteiger partial charge in [-0.05, 0) is 12.8 Å². The Balaban J connectivity index is 2.81. The Kier molecular flexibility index (Phi) is 4.34. The molecule has 1 rings (SSSR count). The molecule has 1 atom stereocenters. The highest BCUT2D eigenvalue weighted by Gasteiger charge is 2.52. The van der Waals surface area contributed by atoms with Gasteiger partial charge in [-0.2, -0.15) is 13.2 Å². The summed E-state index contributed by atoms with van der Waals surface area (Å²) in [6, 6.07) is 0. The van der Waals surface area contributed by atoms with Gasteiger partial charge in [0.25, 0.3) is 0 Å². The van der Waals surface area contributed by atoms with Crippen LogP contribution in [0.3, 0.4) is 0 Å². The SMILES string of the molecule is COC(C(F)(F)F)C1(C)CCN(S(C)(=O)=O)CC1. The van der Waals surface area contributed by atoms with Gasteiger partial charge in [-0.3, -0.25) is 0 Å². The third-order valence-corrected chi connectivity index (χ3v) is 4.80. The molecule has 0 spiro atoms. The van der Waals surface area contributed by atoms with Crippen molar-refractivity contribution in [3.63, 3.8) is 0 Å². The van der Waals surface area contributed by atoms with Crippen LogP contribution in [0.5, 0.6) is 0 Å². The number of piperidine rings is 1. The Hall–Kier alpha value is -0.340. The summed E-state index contributed by atoms with van der Waals surface area (Å²) in [6.07, 6.45) is -4.95. The molecule has 0 aromatic rings. The molecule has 1 heterocycles. The molecule has 8 heteroatoms. The van der Waals surface area contributed by atoms with Gasteiger partial charge in [0.2, 0.25) is 10.0 Å². The predicted molar refractivity (Wildman–Crippen MR) is 60.6 cm³/mol. The number of alkyl halides is 3. The van der Waals surface area contributed by atoms with Crippen molar-refractivity contribution in [1.82, 2.24) is 4.31 Å². The molecule has 0 N–H and O–H groups in total. The fourth-order valence-corrected chi connectivity index (χ4v) is 3.25. The minimum Gasteiger partial charge on any atom is -0.371 e. The zero-order chi connectivity index (χ0) is 14.2. The first kappa shape index (κ1) is 15.7. The van der Waals surface area contributed by atoms with E-state index in [1.165, 1.54) is 11.2 Å². The van der Waals surface area contributed by atoms with Gasteiger partial charge >= 0.3 is 6.18 Å². The highest BCUT2D eigenvalue weighted by molar-refractivity contribution is 7.88. The third-order valence-electron chi connectivity index (χ3n) is 3.50. The monoisotopic (exact) mass is 289 g/mol. The van der Waals surface area contributed by atoms with E-state index >= 15 is 0 Å². The first-order valence-corrected chi connectivity index (χ1v) is 7.40. The van der Waals surface area contributed by atoms with Crippen LogP contribution in [0.2, 0.25) is 0 Å². The van der Waals surface area contributed by atoms with Crippen LogP contribution in [0.15, 0.2) is 0 Å². The maximum Gasteiger partial charge on any atom is 0.415 e. The molecule has 1 fully saturated rings. The van der Waals surface area contributed by atoms with Crippen molar-refractivity contribution < 1.29 is 26.3 Å². The first-order chi connectivity index (χ1) is 8.00. The molecule has 0 aromatic carbocycles. The standard InChI is InChI=1S/C10H18F3NO3S/c1-9(8(17-2)10(11,12)13)4-6-14(7-5-9)18(3,15)16/h8H,4-7H2,1-3H3. The maximum atomic E-state index is 12.8. The molecule has 0 amide bonds. The molecule has 1 saturated heterocycles. The number of sulfonamides is 1. The fraction of sp³-hybridized carbons (Fsp3) is 1.00. The van der Waals surface area contributed by atoms with Crippen LogP contribution in [0, 0.1) is 5.41 Å². The van der Waals surface area contributed by atoms with Crippen LogP contribution in [0.25, 0.3) is 0 Å². The van der Waals surface area contributed by atoms with Gasteiger partial charge in [-0.1, -0.05) is 6.92 Å². The van der Waals surface area contributed by atoms with Crippen LogP contribution in [0.1, 0.15) is 19.8 Å². The summed E-state index contributed by atoms with van der Waals surface area (Å²) in [7, 11) is -2.30.